The van der Waals surface area contributed by atoms with Crippen LogP contribution in [-0.2, 0) is 10.0 Å². The van der Waals surface area contributed by atoms with E-state index in [1.54, 1.807) is 31.2 Å². The topological polar surface area (TPSA) is 75.3 Å². The molecule has 3 aromatic carbocycles. The first-order chi connectivity index (χ1) is 12.8. The highest BCUT2D eigenvalue weighted by Gasteiger charge is 2.16. The summed E-state index contributed by atoms with van der Waals surface area (Å²) < 4.78 is 40.7. The highest BCUT2D eigenvalue weighted by Crippen LogP contribution is 2.20. The zero-order chi connectivity index (χ0) is 19.4. The number of benzene rings is 3. The minimum absolute atomic E-state index is 0.0352. The van der Waals surface area contributed by atoms with Gasteiger partial charge in [-0.15, -0.1) is 0 Å². The number of hydrogen-bond donors (Lipinski definition) is 2. The number of amides is 1. The molecule has 0 aromatic heterocycles. The van der Waals surface area contributed by atoms with E-state index in [-0.39, 0.29) is 10.5 Å². The first kappa shape index (κ1) is 18.6. The van der Waals surface area contributed by atoms with E-state index in [1.165, 1.54) is 42.5 Å². The van der Waals surface area contributed by atoms with Gasteiger partial charge < -0.3 is 5.32 Å². The van der Waals surface area contributed by atoms with Gasteiger partial charge in [-0.25, -0.2) is 12.8 Å². The molecular weight excluding hydrogens is 367 g/mol. The van der Waals surface area contributed by atoms with Crippen LogP contribution < -0.4 is 10.0 Å². The van der Waals surface area contributed by atoms with Crippen molar-refractivity contribution in [1.82, 2.24) is 0 Å². The maximum atomic E-state index is 13.2. The molecule has 0 aliphatic heterocycles. The van der Waals surface area contributed by atoms with E-state index in [4.69, 9.17) is 0 Å². The maximum absolute atomic E-state index is 13.2. The van der Waals surface area contributed by atoms with Crippen molar-refractivity contribution in [2.24, 2.45) is 0 Å². The maximum Gasteiger partial charge on any atom is 0.261 e. The van der Waals surface area contributed by atoms with Crippen LogP contribution in [0.1, 0.15) is 15.9 Å². The average Bonchev–Trinajstić information content (AvgIpc) is 2.64. The Bertz CT molecular complexity index is 1080. The Balaban J connectivity index is 1.76. The number of aryl methyl sites for hydroxylation is 1. The number of anilines is 2. The summed E-state index contributed by atoms with van der Waals surface area (Å²) in [4.78, 5) is 12.3. The molecule has 138 valence electrons. The van der Waals surface area contributed by atoms with Gasteiger partial charge >= 0.3 is 0 Å². The van der Waals surface area contributed by atoms with Gasteiger partial charge in [-0.2, -0.15) is 0 Å². The fourth-order valence-electron chi connectivity index (χ4n) is 2.45. The molecule has 27 heavy (non-hydrogen) atoms. The average molecular weight is 384 g/mol. The first-order valence-electron chi connectivity index (χ1n) is 8.10. The number of halogens is 1. The van der Waals surface area contributed by atoms with E-state index in [2.05, 4.69) is 10.0 Å². The fourth-order valence-corrected chi connectivity index (χ4v) is 3.58. The molecule has 0 fully saturated rings. The molecular formula is C20H17FN2O3S. The third kappa shape index (κ3) is 4.51. The molecule has 0 aliphatic carbocycles. The van der Waals surface area contributed by atoms with Crippen molar-refractivity contribution in [3.05, 3.63) is 89.7 Å². The lowest BCUT2D eigenvalue weighted by atomic mass is 10.2. The third-order valence-corrected chi connectivity index (χ3v) is 5.28. The van der Waals surface area contributed by atoms with Crippen LogP contribution in [0.4, 0.5) is 15.8 Å². The second-order valence-corrected chi connectivity index (χ2v) is 7.59. The summed E-state index contributed by atoms with van der Waals surface area (Å²) in [5.41, 5.74) is 1.87. The number of rotatable bonds is 5. The van der Waals surface area contributed by atoms with Crippen molar-refractivity contribution in [2.45, 2.75) is 11.8 Å². The van der Waals surface area contributed by atoms with E-state index in [0.717, 1.165) is 5.56 Å². The number of carbonyl (C=O) groups excluding carboxylic acids is 1. The highest BCUT2D eigenvalue weighted by molar-refractivity contribution is 7.92. The number of hydrogen-bond acceptors (Lipinski definition) is 3. The Morgan fingerprint density at radius 2 is 1.63 bits per heavy atom. The molecule has 3 aromatic rings. The Kier molecular flexibility index (Phi) is 5.23. The summed E-state index contributed by atoms with van der Waals surface area (Å²) in [6.45, 7) is 1.80. The van der Waals surface area contributed by atoms with Crippen LogP contribution in [0, 0.1) is 12.7 Å². The summed E-state index contributed by atoms with van der Waals surface area (Å²) in [7, 11) is -3.77. The van der Waals surface area contributed by atoms with Gasteiger partial charge in [-0.05, 0) is 61.0 Å². The number of para-hydroxylation sites is 1. The van der Waals surface area contributed by atoms with Crippen molar-refractivity contribution in [2.75, 3.05) is 10.0 Å². The smallest absolute Gasteiger partial charge is 0.261 e. The molecule has 0 saturated heterocycles. The normalized spacial score (nSPS) is 11.0. The zero-order valence-electron chi connectivity index (χ0n) is 14.4. The van der Waals surface area contributed by atoms with Crippen molar-refractivity contribution >= 4 is 27.3 Å². The molecule has 0 atom stereocenters. The first-order valence-corrected chi connectivity index (χ1v) is 9.59. The zero-order valence-corrected chi connectivity index (χ0v) is 15.3. The predicted molar refractivity (Wildman–Crippen MR) is 103 cm³/mol. The van der Waals surface area contributed by atoms with Crippen LogP contribution in [0.5, 0.6) is 0 Å². The molecule has 0 saturated carbocycles. The number of nitrogens with one attached hydrogen (secondary N) is 2. The monoisotopic (exact) mass is 384 g/mol. The molecule has 3 rings (SSSR count). The van der Waals surface area contributed by atoms with Crippen molar-refractivity contribution in [3.8, 4) is 0 Å². The number of carbonyl (C=O) groups is 1. The van der Waals surface area contributed by atoms with Gasteiger partial charge in [0.25, 0.3) is 15.9 Å². The van der Waals surface area contributed by atoms with Crippen LogP contribution in [0.3, 0.4) is 0 Å². The fraction of sp³-hybridized carbons (Fsp3) is 0.0500. The van der Waals surface area contributed by atoms with Crippen LogP contribution in [0.15, 0.2) is 77.7 Å². The van der Waals surface area contributed by atoms with E-state index < -0.39 is 21.7 Å². The summed E-state index contributed by atoms with van der Waals surface area (Å²) >= 11 is 0. The lowest BCUT2D eigenvalue weighted by molar-refractivity contribution is 0.102. The molecule has 0 bridgehead atoms. The summed E-state index contributed by atoms with van der Waals surface area (Å²) in [6.07, 6.45) is 0. The van der Waals surface area contributed by atoms with Crippen molar-refractivity contribution < 1.29 is 17.6 Å². The summed E-state index contributed by atoms with van der Waals surface area (Å²) in [5.74, 6) is -0.923. The molecule has 2 N–H and O–H groups in total. The summed E-state index contributed by atoms with van der Waals surface area (Å²) in [5, 5.41) is 2.56. The van der Waals surface area contributed by atoms with Gasteiger partial charge in [-0.3, -0.25) is 9.52 Å². The second kappa shape index (κ2) is 7.59. The molecule has 1 amide bonds. The standard InChI is InChI=1S/C20H17FN2O3S/c1-14-5-2-3-8-19(14)23-27(25,26)18-11-9-15(10-12-18)20(24)22-17-7-4-6-16(21)13-17/h2-13,23H,1H3,(H,22,24). The van der Waals surface area contributed by atoms with Gasteiger partial charge in [0.1, 0.15) is 5.82 Å². The Morgan fingerprint density at radius 3 is 2.30 bits per heavy atom. The van der Waals surface area contributed by atoms with Crippen molar-refractivity contribution in [1.29, 1.82) is 0 Å². The van der Waals surface area contributed by atoms with Crippen LogP contribution >= 0.6 is 0 Å². The molecule has 0 heterocycles. The van der Waals surface area contributed by atoms with Crippen molar-refractivity contribution in [3.63, 3.8) is 0 Å². The van der Waals surface area contributed by atoms with Gasteiger partial charge in [0.15, 0.2) is 0 Å². The van der Waals surface area contributed by atoms with Crippen LogP contribution in [-0.4, -0.2) is 14.3 Å². The van der Waals surface area contributed by atoms with Gasteiger partial charge in [0, 0.05) is 11.3 Å². The van der Waals surface area contributed by atoms with Gasteiger partial charge in [0.05, 0.1) is 10.6 Å². The lowest BCUT2D eigenvalue weighted by Crippen LogP contribution is -2.15. The van der Waals surface area contributed by atoms with E-state index in [0.29, 0.717) is 11.4 Å². The Hall–Kier alpha value is -3.19. The van der Waals surface area contributed by atoms with E-state index >= 15 is 0 Å². The molecule has 0 unspecified atom stereocenters. The minimum atomic E-state index is -3.77. The lowest BCUT2D eigenvalue weighted by Gasteiger charge is -2.11. The molecule has 0 aliphatic rings. The molecule has 0 spiro atoms. The molecule has 0 radical (unpaired) electrons. The predicted octanol–water partition coefficient (Wildman–Crippen LogP) is 4.19. The SMILES string of the molecule is Cc1ccccc1NS(=O)(=O)c1ccc(C(=O)Nc2cccc(F)c2)cc1. The second-order valence-electron chi connectivity index (χ2n) is 5.91. The van der Waals surface area contributed by atoms with Crippen LogP contribution in [0.2, 0.25) is 0 Å². The van der Waals surface area contributed by atoms with Crippen LogP contribution in [0.25, 0.3) is 0 Å². The quantitative estimate of drug-likeness (QED) is 0.693. The van der Waals surface area contributed by atoms with E-state index in [9.17, 15) is 17.6 Å². The minimum Gasteiger partial charge on any atom is -0.322 e. The largest absolute Gasteiger partial charge is 0.322 e. The van der Waals surface area contributed by atoms with Gasteiger partial charge in [0.2, 0.25) is 0 Å². The Morgan fingerprint density at radius 1 is 0.926 bits per heavy atom. The Labute approximate surface area is 156 Å². The third-order valence-electron chi connectivity index (χ3n) is 3.90. The van der Waals surface area contributed by atoms with E-state index in [1.807, 2.05) is 6.07 Å². The number of sulfonamides is 1. The summed E-state index contributed by atoms with van der Waals surface area (Å²) in [6, 6.07) is 18.1. The highest BCUT2D eigenvalue weighted by atomic mass is 32.2. The molecule has 5 nitrogen and oxygen atoms in total. The van der Waals surface area contributed by atoms with Gasteiger partial charge in [-0.1, -0.05) is 24.3 Å². The molecule has 7 heteroatoms.